The third kappa shape index (κ3) is 4.92. The minimum Gasteiger partial charge on any atom is -0.351 e. The molecule has 0 bridgehead atoms. The summed E-state index contributed by atoms with van der Waals surface area (Å²) >= 11 is 1.39. The molecule has 26 heavy (non-hydrogen) atoms. The monoisotopic (exact) mass is 368 g/mol. The van der Waals surface area contributed by atoms with E-state index in [1.54, 1.807) is 13.1 Å². The topological polar surface area (TPSA) is 80.9 Å². The highest BCUT2D eigenvalue weighted by Crippen LogP contribution is 2.20. The number of carbonyl (C=O) groups excluding carboxylic acids is 1. The van der Waals surface area contributed by atoms with Crippen LogP contribution in [0.4, 0.5) is 0 Å². The van der Waals surface area contributed by atoms with Gasteiger partial charge in [-0.2, -0.15) is 4.98 Å². The second-order valence-electron chi connectivity index (χ2n) is 5.77. The zero-order valence-electron chi connectivity index (χ0n) is 14.7. The molecule has 0 aliphatic carbocycles. The van der Waals surface area contributed by atoms with Crippen molar-refractivity contribution in [3.8, 4) is 11.5 Å². The van der Waals surface area contributed by atoms with Gasteiger partial charge in [0.05, 0.1) is 16.3 Å². The van der Waals surface area contributed by atoms with Crippen molar-refractivity contribution in [1.82, 2.24) is 20.4 Å². The molecule has 0 saturated carbocycles. The Morgan fingerprint density at radius 1 is 1.15 bits per heavy atom. The first-order chi connectivity index (χ1) is 12.6. The Hall–Kier alpha value is -2.67. The van der Waals surface area contributed by atoms with E-state index in [2.05, 4.69) is 39.5 Å². The number of aryl methyl sites for hydroxylation is 2. The largest absolute Gasteiger partial charge is 0.351 e. The lowest BCUT2D eigenvalue weighted by molar-refractivity contribution is -0.118. The molecule has 1 aromatic carbocycles. The summed E-state index contributed by atoms with van der Waals surface area (Å²) in [5, 5.41) is 7.45. The van der Waals surface area contributed by atoms with Crippen LogP contribution in [0.5, 0.6) is 0 Å². The number of aromatic nitrogens is 3. The molecular weight excluding hydrogens is 348 g/mol. The average Bonchev–Trinajstić information content (AvgIpc) is 3.12. The molecule has 0 fully saturated rings. The molecule has 2 heterocycles. The molecule has 0 radical (unpaired) electrons. The van der Waals surface area contributed by atoms with Gasteiger partial charge >= 0.3 is 0 Å². The number of rotatable bonds is 7. The zero-order valence-corrected chi connectivity index (χ0v) is 15.5. The predicted molar refractivity (Wildman–Crippen MR) is 101 cm³/mol. The standard InChI is InChI=1S/C19H20N4O2S/c1-3-14-4-6-15(7-5-14)10-20-17(24)12-26-18-9-8-16(11-21-18)19-22-13(2)23-25-19/h4-9,11H,3,10,12H2,1-2H3,(H,20,24). The van der Waals surface area contributed by atoms with E-state index in [0.29, 0.717) is 24.0 Å². The van der Waals surface area contributed by atoms with E-state index < -0.39 is 0 Å². The Labute approximate surface area is 156 Å². The van der Waals surface area contributed by atoms with E-state index in [4.69, 9.17) is 4.52 Å². The van der Waals surface area contributed by atoms with Crippen LogP contribution < -0.4 is 5.32 Å². The highest BCUT2D eigenvalue weighted by atomic mass is 32.2. The van der Waals surface area contributed by atoms with Gasteiger partial charge in [-0.05, 0) is 36.6 Å². The fraction of sp³-hybridized carbons (Fsp3) is 0.263. The summed E-state index contributed by atoms with van der Waals surface area (Å²) in [4.78, 5) is 20.5. The Morgan fingerprint density at radius 2 is 1.92 bits per heavy atom. The van der Waals surface area contributed by atoms with Crippen molar-refractivity contribution >= 4 is 17.7 Å². The molecule has 0 saturated heterocycles. The van der Waals surface area contributed by atoms with Gasteiger partial charge in [0, 0.05) is 12.7 Å². The summed E-state index contributed by atoms with van der Waals surface area (Å²) in [6.45, 7) is 4.42. The lowest BCUT2D eigenvalue weighted by Gasteiger charge is -2.06. The predicted octanol–water partition coefficient (Wildman–Crippen LogP) is 3.41. The number of hydrogen-bond acceptors (Lipinski definition) is 6. The minimum absolute atomic E-state index is 0.0204. The summed E-state index contributed by atoms with van der Waals surface area (Å²) in [6.07, 6.45) is 2.68. The quantitative estimate of drug-likeness (QED) is 0.644. The SMILES string of the molecule is CCc1ccc(CNC(=O)CSc2ccc(-c3nc(C)no3)cn2)cc1. The molecule has 0 aliphatic rings. The van der Waals surface area contributed by atoms with Crippen LogP contribution in [0.2, 0.25) is 0 Å². The normalized spacial score (nSPS) is 10.7. The first-order valence-corrected chi connectivity index (χ1v) is 9.36. The van der Waals surface area contributed by atoms with Crippen LogP contribution in [0, 0.1) is 6.92 Å². The van der Waals surface area contributed by atoms with Crippen LogP contribution >= 0.6 is 11.8 Å². The number of thioether (sulfide) groups is 1. The van der Waals surface area contributed by atoms with Crippen molar-refractivity contribution in [2.45, 2.75) is 31.8 Å². The van der Waals surface area contributed by atoms with Crippen LogP contribution in [0.1, 0.15) is 23.9 Å². The minimum atomic E-state index is -0.0204. The molecule has 2 aromatic heterocycles. The highest BCUT2D eigenvalue weighted by molar-refractivity contribution is 7.99. The lowest BCUT2D eigenvalue weighted by Crippen LogP contribution is -2.24. The van der Waals surface area contributed by atoms with E-state index in [9.17, 15) is 4.79 Å². The van der Waals surface area contributed by atoms with Gasteiger partial charge in [0.15, 0.2) is 5.82 Å². The molecule has 0 spiro atoms. The summed E-state index contributed by atoms with van der Waals surface area (Å²) in [5.41, 5.74) is 3.15. The molecule has 0 unspecified atom stereocenters. The van der Waals surface area contributed by atoms with Gasteiger partial charge in [0.1, 0.15) is 0 Å². The van der Waals surface area contributed by atoms with Crippen LogP contribution in [0.25, 0.3) is 11.5 Å². The highest BCUT2D eigenvalue weighted by Gasteiger charge is 2.08. The Kier molecular flexibility index (Phi) is 6.01. The first-order valence-electron chi connectivity index (χ1n) is 8.38. The van der Waals surface area contributed by atoms with Crippen molar-refractivity contribution < 1.29 is 9.32 Å². The second kappa shape index (κ2) is 8.62. The summed E-state index contributed by atoms with van der Waals surface area (Å²) in [5.74, 6) is 1.32. The number of amides is 1. The molecule has 1 amide bonds. The molecule has 134 valence electrons. The number of nitrogens with one attached hydrogen (secondary N) is 1. The molecule has 0 atom stereocenters. The fourth-order valence-corrected chi connectivity index (χ4v) is 2.96. The molecule has 3 aromatic rings. The third-order valence-corrected chi connectivity index (χ3v) is 4.73. The first kappa shape index (κ1) is 18.1. The fourth-order valence-electron chi connectivity index (χ4n) is 2.29. The van der Waals surface area contributed by atoms with Gasteiger partial charge in [-0.15, -0.1) is 0 Å². The van der Waals surface area contributed by atoms with Crippen molar-refractivity contribution in [3.05, 3.63) is 59.5 Å². The van der Waals surface area contributed by atoms with Gasteiger partial charge < -0.3 is 9.84 Å². The summed E-state index contributed by atoms with van der Waals surface area (Å²) < 4.78 is 5.10. The zero-order chi connectivity index (χ0) is 18.4. The molecule has 0 aliphatic heterocycles. The average molecular weight is 368 g/mol. The Balaban J connectivity index is 1.46. The van der Waals surface area contributed by atoms with Crippen molar-refractivity contribution in [2.75, 3.05) is 5.75 Å². The number of carbonyl (C=O) groups is 1. The number of nitrogens with zero attached hydrogens (tertiary/aromatic N) is 3. The molecule has 6 nitrogen and oxygen atoms in total. The lowest BCUT2D eigenvalue weighted by atomic mass is 10.1. The van der Waals surface area contributed by atoms with Crippen LogP contribution in [-0.2, 0) is 17.8 Å². The van der Waals surface area contributed by atoms with Crippen LogP contribution in [0.15, 0.2) is 52.1 Å². The van der Waals surface area contributed by atoms with Crippen molar-refractivity contribution in [3.63, 3.8) is 0 Å². The van der Waals surface area contributed by atoms with Gasteiger partial charge in [-0.25, -0.2) is 4.98 Å². The van der Waals surface area contributed by atoms with Crippen molar-refractivity contribution in [2.24, 2.45) is 0 Å². The van der Waals surface area contributed by atoms with E-state index in [0.717, 1.165) is 22.6 Å². The van der Waals surface area contributed by atoms with Crippen LogP contribution in [0.3, 0.4) is 0 Å². The van der Waals surface area contributed by atoms with Crippen LogP contribution in [-0.4, -0.2) is 26.8 Å². The number of hydrogen-bond donors (Lipinski definition) is 1. The van der Waals surface area contributed by atoms with E-state index in [1.165, 1.54) is 17.3 Å². The number of benzene rings is 1. The molecular formula is C19H20N4O2S. The van der Waals surface area contributed by atoms with E-state index in [1.807, 2.05) is 24.3 Å². The summed E-state index contributed by atoms with van der Waals surface area (Å²) in [7, 11) is 0. The molecule has 7 heteroatoms. The van der Waals surface area contributed by atoms with Gasteiger partial charge in [-0.1, -0.05) is 48.1 Å². The maximum absolute atomic E-state index is 12.0. The Morgan fingerprint density at radius 3 is 2.54 bits per heavy atom. The van der Waals surface area contributed by atoms with Crippen molar-refractivity contribution in [1.29, 1.82) is 0 Å². The van der Waals surface area contributed by atoms with Gasteiger partial charge in [-0.3, -0.25) is 4.79 Å². The van der Waals surface area contributed by atoms with E-state index >= 15 is 0 Å². The van der Waals surface area contributed by atoms with Gasteiger partial charge in [0.25, 0.3) is 5.89 Å². The van der Waals surface area contributed by atoms with E-state index in [-0.39, 0.29) is 5.91 Å². The Bertz CT molecular complexity index is 860. The molecule has 1 N–H and O–H groups in total. The molecule has 3 rings (SSSR count). The number of pyridine rings is 1. The smallest absolute Gasteiger partial charge is 0.259 e. The summed E-state index contributed by atoms with van der Waals surface area (Å²) in [6, 6.07) is 12.0. The maximum Gasteiger partial charge on any atom is 0.259 e. The third-order valence-electron chi connectivity index (χ3n) is 3.78. The van der Waals surface area contributed by atoms with Gasteiger partial charge in [0.2, 0.25) is 5.91 Å². The second-order valence-corrected chi connectivity index (χ2v) is 6.76. The maximum atomic E-state index is 12.0.